The van der Waals surface area contributed by atoms with E-state index in [1.807, 2.05) is 24.3 Å². The summed E-state index contributed by atoms with van der Waals surface area (Å²) in [5, 5.41) is 24.0. The standard InChI is InChI=1S/C14H24N2O2/c17-11-3-1-9-15-13-5-7-14(8-6-13)16-10-2-4-12-18/h5-8,15-18H,1-4,9-12H2. The van der Waals surface area contributed by atoms with E-state index in [1.165, 1.54) is 0 Å². The Morgan fingerprint density at radius 1 is 0.667 bits per heavy atom. The Hall–Kier alpha value is -1.26. The minimum Gasteiger partial charge on any atom is -0.396 e. The fourth-order valence-electron chi connectivity index (χ4n) is 1.64. The molecule has 1 aromatic carbocycles. The van der Waals surface area contributed by atoms with E-state index in [4.69, 9.17) is 10.2 Å². The van der Waals surface area contributed by atoms with Crippen LogP contribution in [0.5, 0.6) is 0 Å². The normalized spacial score (nSPS) is 10.3. The van der Waals surface area contributed by atoms with Gasteiger partial charge in [-0.05, 0) is 49.9 Å². The van der Waals surface area contributed by atoms with Crippen LogP contribution in [-0.2, 0) is 0 Å². The summed E-state index contributed by atoms with van der Waals surface area (Å²) in [6, 6.07) is 8.20. The van der Waals surface area contributed by atoms with Crippen molar-refractivity contribution in [3.8, 4) is 0 Å². The molecule has 0 aromatic heterocycles. The van der Waals surface area contributed by atoms with Gasteiger partial charge in [-0.1, -0.05) is 0 Å². The molecule has 0 saturated heterocycles. The summed E-state index contributed by atoms with van der Waals surface area (Å²) in [6.45, 7) is 2.31. The summed E-state index contributed by atoms with van der Waals surface area (Å²) in [6.07, 6.45) is 3.66. The van der Waals surface area contributed by atoms with Crippen LogP contribution < -0.4 is 10.6 Å². The Labute approximate surface area is 109 Å². The number of rotatable bonds is 10. The monoisotopic (exact) mass is 252 g/mol. The van der Waals surface area contributed by atoms with Crippen molar-refractivity contribution in [3.05, 3.63) is 24.3 Å². The van der Waals surface area contributed by atoms with Gasteiger partial charge in [0.05, 0.1) is 0 Å². The predicted octanol–water partition coefficient (Wildman–Crippen LogP) is 2.06. The summed E-state index contributed by atoms with van der Waals surface area (Å²) in [5.74, 6) is 0. The largest absolute Gasteiger partial charge is 0.396 e. The summed E-state index contributed by atoms with van der Waals surface area (Å²) in [5.41, 5.74) is 2.21. The topological polar surface area (TPSA) is 64.5 Å². The van der Waals surface area contributed by atoms with Crippen LogP contribution in [0.2, 0.25) is 0 Å². The summed E-state index contributed by atoms with van der Waals surface area (Å²) in [7, 11) is 0. The molecule has 4 N–H and O–H groups in total. The average molecular weight is 252 g/mol. The van der Waals surface area contributed by atoms with Crippen LogP contribution in [0.1, 0.15) is 25.7 Å². The van der Waals surface area contributed by atoms with Crippen LogP contribution in [0.3, 0.4) is 0 Å². The Balaban J connectivity index is 2.20. The van der Waals surface area contributed by atoms with Crippen molar-refractivity contribution in [3.63, 3.8) is 0 Å². The number of hydrogen-bond donors (Lipinski definition) is 4. The number of aliphatic hydroxyl groups is 2. The molecule has 0 heterocycles. The van der Waals surface area contributed by atoms with Crippen molar-refractivity contribution < 1.29 is 10.2 Å². The van der Waals surface area contributed by atoms with Crippen molar-refractivity contribution in [1.82, 2.24) is 0 Å². The van der Waals surface area contributed by atoms with Gasteiger partial charge in [0.25, 0.3) is 0 Å². The molecule has 0 spiro atoms. The maximum Gasteiger partial charge on any atom is 0.0431 e. The Morgan fingerprint density at radius 2 is 1.06 bits per heavy atom. The Bertz CT molecular complexity index is 270. The molecule has 4 heteroatoms. The summed E-state index contributed by atoms with van der Waals surface area (Å²) < 4.78 is 0. The zero-order valence-corrected chi connectivity index (χ0v) is 10.9. The smallest absolute Gasteiger partial charge is 0.0431 e. The van der Waals surface area contributed by atoms with Crippen LogP contribution in [0, 0.1) is 0 Å². The lowest BCUT2D eigenvalue weighted by atomic mass is 10.2. The number of anilines is 2. The summed E-state index contributed by atoms with van der Waals surface area (Å²) >= 11 is 0. The van der Waals surface area contributed by atoms with Gasteiger partial charge in [0.2, 0.25) is 0 Å². The molecule has 1 rings (SSSR count). The first-order chi connectivity index (χ1) is 8.86. The third-order valence-electron chi connectivity index (χ3n) is 2.71. The van der Waals surface area contributed by atoms with E-state index >= 15 is 0 Å². The fraction of sp³-hybridized carbons (Fsp3) is 0.571. The molecule has 1 aromatic rings. The molecule has 0 fully saturated rings. The van der Waals surface area contributed by atoms with Crippen LogP contribution in [0.4, 0.5) is 11.4 Å². The van der Waals surface area contributed by atoms with Gasteiger partial charge in [-0.3, -0.25) is 0 Å². The SMILES string of the molecule is OCCCCNc1ccc(NCCCCO)cc1. The van der Waals surface area contributed by atoms with Gasteiger partial charge in [0.1, 0.15) is 0 Å². The Kier molecular flexibility index (Phi) is 8.01. The molecule has 0 bridgehead atoms. The average Bonchev–Trinajstić information content (AvgIpc) is 2.41. The van der Waals surface area contributed by atoms with Crippen LogP contribution >= 0.6 is 0 Å². The number of unbranched alkanes of at least 4 members (excludes halogenated alkanes) is 2. The highest BCUT2D eigenvalue weighted by Crippen LogP contribution is 2.13. The molecule has 0 radical (unpaired) electrons. The van der Waals surface area contributed by atoms with Gasteiger partial charge in [0, 0.05) is 37.7 Å². The van der Waals surface area contributed by atoms with Crippen LogP contribution in [-0.4, -0.2) is 36.5 Å². The van der Waals surface area contributed by atoms with Gasteiger partial charge in [-0.25, -0.2) is 0 Å². The molecule has 0 amide bonds. The van der Waals surface area contributed by atoms with Crippen molar-refractivity contribution in [2.24, 2.45) is 0 Å². The minimum atomic E-state index is 0.262. The molecular weight excluding hydrogens is 228 g/mol. The zero-order chi connectivity index (χ0) is 13.1. The van der Waals surface area contributed by atoms with Crippen LogP contribution in [0.15, 0.2) is 24.3 Å². The lowest BCUT2D eigenvalue weighted by Gasteiger charge is -2.08. The number of hydrogen-bond acceptors (Lipinski definition) is 4. The lowest BCUT2D eigenvalue weighted by Crippen LogP contribution is -2.04. The minimum absolute atomic E-state index is 0.262. The number of nitrogens with one attached hydrogen (secondary N) is 2. The van der Waals surface area contributed by atoms with E-state index < -0.39 is 0 Å². The molecule has 4 nitrogen and oxygen atoms in total. The van der Waals surface area contributed by atoms with E-state index in [1.54, 1.807) is 0 Å². The maximum absolute atomic E-state index is 8.67. The molecule has 0 aliphatic heterocycles. The third kappa shape index (κ3) is 6.47. The van der Waals surface area contributed by atoms with Gasteiger partial charge in [-0.15, -0.1) is 0 Å². The zero-order valence-electron chi connectivity index (χ0n) is 10.9. The number of aliphatic hydroxyl groups excluding tert-OH is 2. The molecule has 0 unspecified atom stereocenters. The second kappa shape index (κ2) is 9.74. The molecule has 0 saturated carbocycles. The Morgan fingerprint density at radius 3 is 1.39 bits per heavy atom. The fourth-order valence-corrected chi connectivity index (χ4v) is 1.64. The molecule has 18 heavy (non-hydrogen) atoms. The van der Waals surface area contributed by atoms with E-state index in [-0.39, 0.29) is 13.2 Å². The van der Waals surface area contributed by atoms with E-state index in [2.05, 4.69) is 10.6 Å². The first-order valence-corrected chi connectivity index (χ1v) is 6.66. The van der Waals surface area contributed by atoms with Crippen molar-refractivity contribution in [2.75, 3.05) is 36.9 Å². The lowest BCUT2D eigenvalue weighted by molar-refractivity contribution is 0.286. The van der Waals surface area contributed by atoms with Crippen LogP contribution in [0.25, 0.3) is 0 Å². The highest BCUT2D eigenvalue weighted by molar-refractivity contribution is 5.53. The molecule has 102 valence electrons. The number of benzene rings is 1. The second-order valence-electron chi connectivity index (χ2n) is 4.29. The first kappa shape index (κ1) is 14.8. The molecule has 0 atom stereocenters. The molecule has 0 aliphatic carbocycles. The predicted molar refractivity (Wildman–Crippen MR) is 76.1 cm³/mol. The van der Waals surface area contributed by atoms with Gasteiger partial charge < -0.3 is 20.8 Å². The highest BCUT2D eigenvalue weighted by Gasteiger charge is 1.94. The van der Waals surface area contributed by atoms with Gasteiger partial charge >= 0.3 is 0 Å². The first-order valence-electron chi connectivity index (χ1n) is 6.66. The molecule has 0 aliphatic rings. The maximum atomic E-state index is 8.67. The van der Waals surface area contributed by atoms with E-state index in [9.17, 15) is 0 Å². The van der Waals surface area contributed by atoms with Crippen molar-refractivity contribution >= 4 is 11.4 Å². The summed E-state index contributed by atoms with van der Waals surface area (Å²) in [4.78, 5) is 0. The second-order valence-corrected chi connectivity index (χ2v) is 4.29. The quantitative estimate of drug-likeness (QED) is 0.481. The van der Waals surface area contributed by atoms with E-state index in [0.29, 0.717) is 0 Å². The van der Waals surface area contributed by atoms with Crippen molar-refractivity contribution in [2.45, 2.75) is 25.7 Å². The third-order valence-corrected chi connectivity index (χ3v) is 2.71. The highest BCUT2D eigenvalue weighted by atomic mass is 16.3. The van der Waals surface area contributed by atoms with Crippen molar-refractivity contribution in [1.29, 1.82) is 0 Å². The van der Waals surface area contributed by atoms with Gasteiger partial charge in [0.15, 0.2) is 0 Å². The molecular formula is C14H24N2O2. The van der Waals surface area contributed by atoms with E-state index in [0.717, 1.165) is 50.1 Å². The van der Waals surface area contributed by atoms with Gasteiger partial charge in [-0.2, -0.15) is 0 Å².